The minimum absolute atomic E-state index is 0.0232. The SMILES string of the molecule is CCCNC(=O)c1ccc(N2CCN(Cc3cc(OC(F)(F)F)cc(-c4cccc(O)c4)c3)CC2)nn1. The predicted octanol–water partition coefficient (Wildman–Crippen LogP) is 4.21. The first kappa shape index (κ1) is 26.2. The van der Waals surface area contributed by atoms with Gasteiger partial charge in [-0.2, -0.15) is 0 Å². The van der Waals surface area contributed by atoms with E-state index in [0.717, 1.165) is 6.42 Å². The number of aromatic nitrogens is 2. The van der Waals surface area contributed by atoms with Crippen LogP contribution in [0.1, 0.15) is 29.4 Å². The van der Waals surface area contributed by atoms with Crippen molar-refractivity contribution in [3.8, 4) is 22.6 Å². The lowest BCUT2D eigenvalue weighted by Crippen LogP contribution is -2.46. The maximum atomic E-state index is 12.9. The highest BCUT2D eigenvalue weighted by Crippen LogP contribution is 2.32. The van der Waals surface area contributed by atoms with Crippen LogP contribution in [0.4, 0.5) is 19.0 Å². The number of rotatable bonds is 8. The molecule has 1 aliphatic rings. The summed E-state index contributed by atoms with van der Waals surface area (Å²) in [5.41, 5.74) is 2.03. The van der Waals surface area contributed by atoms with Crippen LogP contribution in [0.2, 0.25) is 0 Å². The molecule has 1 aliphatic heterocycles. The first-order valence-electron chi connectivity index (χ1n) is 12.0. The first-order valence-corrected chi connectivity index (χ1v) is 12.0. The van der Waals surface area contributed by atoms with E-state index in [0.29, 0.717) is 61.8 Å². The number of amides is 1. The van der Waals surface area contributed by atoms with Gasteiger partial charge in [0.05, 0.1) is 0 Å². The van der Waals surface area contributed by atoms with Crippen LogP contribution in [-0.4, -0.2) is 65.2 Å². The number of benzene rings is 2. The van der Waals surface area contributed by atoms with E-state index in [1.807, 2.05) is 6.92 Å². The van der Waals surface area contributed by atoms with E-state index in [2.05, 4.69) is 30.1 Å². The number of phenols is 1. The molecule has 1 saturated heterocycles. The first-order chi connectivity index (χ1) is 17.7. The van der Waals surface area contributed by atoms with E-state index in [1.54, 1.807) is 30.3 Å². The fourth-order valence-corrected chi connectivity index (χ4v) is 4.13. The molecule has 0 bridgehead atoms. The topological polar surface area (TPSA) is 90.8 Å². The van der Waals surface area contributed by atoms with E-state index in [1.165, 1.54) is 24.3 Å². The summed E-state index contributed by atoms with van der Waals surface area (Å²) in [6, 6.07) is 14.3. The molecule has 0 aliphatic carbocycles. The third-order valence-corrected chi connectivity index (χ3v) is 5.90. The van der Waals surface area contributed by atoms with E-state index < -0.39 is 6.36 Å². The summed E-state index contributed by atoms with van der Waals surface area (Å²) in [5.74, 6) is 0.126. The van der Waals surface area contributed by atoms with Gasteiger partial charge in [-0.15, -0.1) is 23.4 Å². The van der Waals surface area contributed by atoms with Crippen molar-refractivity contribution in [3.63, 3.8) is 0 Å². The molecule has 1 fully saturated rings. The van der Waals surface area contributed by atoms with Gasteiger partial charge in [0.1, 0.15) is 11.5 Å². The maximum absolute atomic E-state index is 12.9. The molecule has 0 atom stereocenters. The second-order valence-electron chi connectivity index (χ2n) is 8.76. The molecule has 2 N–H and O–H groups in total. The molecule has 2 aromatic carbocycles. The fraction of sp³-hybridized carbons (Fsp3) is 0.346. The number of hydrogen-bond donors (Lipinski definition) is 2. The zero-order valence-electron chi connectivity index (χ0n) is 20.3. The zero-order valence-corrected chi connectivity index (χ0v) is 20.3. The van der Waals surface area contributed by atoms with Crippen LogP contribution < -0.4 is 15.0 Å². The van der Waals surface area contributed by atoms with Crippen molar-refractivity contribution in [1.29, 1.82) is 0 Å². The third kappa shape index (κ3) is 7.32. The Morgan fingerprint density at radius 2 is 1.81 bits per heavy atom. The highest BCUT2D eigenvalue weighted by atomic mass is 19.4. The molecule has 1 amide bonds. The number of nitrogens with one attached hydrogen (secondary N) is 1. The molecule has 3 aromatic rings. The van der Waals surface area contributed by atoms with E-state index in [4.69, 9.17) is 0 Å². The molecule has 4 rings (SSSR count). The van der Waals surface area contributed by atoms with Gasteiger partial charge in [-0.25, -0.2) is 0 Å². The van der Waals surface area contributed by atoms with Crippen molar-refractivity contribution >= 4 is 11.7 Å². The Labute approximate surface area is 212 Å². The molecule has 196 valence electrons. The Bertz CT molecular complexity index is 1210. The van der Waals surface area contributed by atoms with Gasteiger partial charge < -0.3 is 20.1 Å². The summed E-state index contributed by atoms with van der Waals surface area (Å²) < 4.78 is 43.1. The number of halogens is 3. The normalized spacial score (nSPS) is 14.4. The summed E-state index contributed by atoms with van der Waals surface area (Å²) >= 11 is 0. The summed E-state index contributed by atoms with van der Waals surface area (Å²) in [7, 11) is 0. The molecule has 1 aromatic heterocycles. The van der Waals surface area contributed by atoms with E-state index in [-0.39, 0.29) is 23.1 Å². The van der Waals surface area contributed by atoms with Crippen molar-refractivity contribution in [1.82, 2.24) is 20.4 Å². The van der Waals surface area contributed by atoms with Gasteiger partial charge in [0.15, 0.2) is 11.5 Å². The minimum atomic E-state index is -4.81. The lowest BCUT2D eigenvalue weighted by atomic mass is 10.0. The van der Waals surface area contributed by atoms with Gasteiger partial charge in [-0.1, -0.05) is 19.1 Å². The van der Waals surface area contributed by atoms with E-state index >= 15 is 0 Å². The number of carbonyl (C=O) groups excluding carboxylic acids is 1. The number of hydrogen-bond acceptors (Lipinski definition) is 7. The molecule has 0 unspecified atom stereocenters. The number of carbonyl (C=O) groups is 1. The van der Waals surface area contributed by atoms with Crippen LogP contribution in [0.3, 0.4) is 0 Å². The molecular formula is C26H28F3N5O3. The van der Waals surface area contributed by atoms with Crippen LogP contribution in [0.5, 0.6) is 11.5 Å². The van der Waals surface area contributed by atoms with Crippen LogP contribution in [-0.2, 0) is 6.54 Å². The molecule has 0 saturated carbocycles. The Morgan fingerprint density at radius 3 is 2.46 bits per heavy atom. The van der Waals surface area contributed by atoms with Gasteiger partial charge in [-0.3, -0.25) is 9.69 Å². The number of ether oxygens (including phenoxy) is 1. The van der Waals surface area contributed by atoms with Gasteiger partial charge in [0.25, 0.3) is 5.91 Å². The average molecular weight is 516 g/mol. The fourth-order valence-electron chi connectivity index (χ4n) is 4.13. The van der Waals surface area contributed by atoms with Gasteiger partial charge in [0.2, 0.25) is 0 Å². The number of alkyl halides is 3. The molecule has 0 spiro atoms. The molecule has 11 heteroatoms. The van der Waals surface area contributed by atoms with Gasteiger partial charge in [0, 0.05) is 39.3 Å². The van der Waals surface area contributed by atoms with E-state index in [9.17, 15) is 23.1 Å². The smallest absolute Gasteiger partial charge is 0.508 e. The molecule has 0 radical (unpaired) electrons. The summed E-state index contributed by atoms with van der Waals surface area (Å²) in [4.78, 5) is 16.2. The molecule has 2 heterocycles. The monoisotopic (exact) mass is 515 g/mol. The Morgan fingerprint density at radius 1 is 1.03 bits per heavy atom. The zero-order chi connectivity index (χ0) is 26.4. The number of piperazine rings is 1. The van der Waals surface area contributed by atoms with Gasteiger partial charge in [-0.05, 0) is 65.6 Å². The Kier molecular flexibility index (Phi) is 8.12. The summed E-state index contributed by atoms with van der Waals surface area (Å²) in [5, 5.41) is 20.8. The Hall–Kier alpha value is -3.86. The molecule has 37 heavy (non-hydrogen) atoms. The highest BCUT2D eigenvalue weighted by Gasteiger charge is 2.31. The molecule has 8 nitrogen and oxygen atoms in total. The summed E-state index contributed by atoms with van der Waals surface area (Å²) in [6.07, 6.45) is -3.98. The standard InChI is InChI=1S/C26H28F3N5O3/c1-2-8-30-25(36)23-6-7-24(32-31-23)34-11-9-33(10-12-34)17-18-13-20(19-4-3-5-21(35)15-19)16-22(14-18)37-26(27,28)29/h3-7,13-16,35H,2,8-12,17H2,1H3,(H,30,36). The number of anilines is 1. The largest absolute Gasteiger partial charge is 0.573 e. The highest BCUT2D eigenvalue weighted by molar-refractivity contribution is 5.92. The lowest BCUT2D eigenvalue weighted by Gasteiger charge is -2.35. The van der Waals surface area contributed by atoms with Crippen LogP contribution in [0.25, 0.3) is 11.1 Å². The van der Waals surface area contributed by atoms with Crippen molar-refractivity contribution in [2.75, 3.05) is 37.6 Å². The number of aromatic hydroxyl groups is 1. The van der Waals surface area contributed by atoms with Crippen molar-refractivity contribution in [2.24, 2.45) is 0 Å². The van der Waals surface area contributed by atoms with Crippen molar-refractivity contribution < 1.29 is 27.8 Å². The average Bonchev–Trinajstić information content (AvgIpc) is 2.87. The lowest BCUT2D eigenvalue weighted by molar-refractivity contribution is -0.274. The second-order valence-corrected chi connectivity index (χ2v) is 8.76. The van der Waals surface area contributed by atoms with Crippen LogP contribution >= 0.6 is 0 Å². The van der Waals surface area contributed by atoms with Gasteiger partial charge >= 0.3 is 6.36 Å². The van der Waals surface area contributed by atoms with Crippen molar-refractivity contribution in [3.05, 3.63) is 65.9 Å². The number of phenolic OH excluding ortho intramolecular Hbond substituents is 1. The molecular weight excluding hydrogens is 487 g/mol. The van der Waals surface area contributed by atoms with Crippen LogP contribution in [0.15, 0.2) is 54.6 Å². The number of nitrogens with zero attached hydrogens (tertiary/aromatic N) is 4. The maximum Gasteiger partial charge on any atom is 0.573 e. The van der Waals surface area contributed by atoms with Crippen LogP contribution in [0, 0.1) is 0 Å². The quantitative estimate of drug-likeness (QED) is 0.465. The minimum Gasteiger partial charge on any atom is -0.508 e. The second kappa shape index (κ2) is 11.5. The third-order valence-electron chi connectivity index (χ3n) is 5.90. The summed E-state index contributed by atoms with van der Waals surface area (Å²) in [6.45, 7) is 5.58. The van der Waals surface area contributed by atoms with Crippen molar-refractivity contribution in [2.45, 2.75) is 26.3 Å². The Balaban J connectivity index is 1.42. The predicted molar refractivity (Wildman–Crippen MR) is 132 cm³/mol.